The van der Waals surface area contributed by atoms with E-state index in [9.17, 15) is 4.79 Å². The van der Waals surface area contributed by atoms with Crippen molar-refractivity contribution in [2.24, 2.45) is 5.92 Å². The van der Waals surface area contributed by atoms with Crippen LogP contribution in [0.15, 0.2) is 30.3 Å². The molecular formula is C14H19NO2. The molecule has 92 valence electrons. The molecule has 0 saturated carbocycles. The minimum atomic E-state index is -0.181. The second kappa shape index (κ2) is 5.21. The Morgan fingerprint density at radius 1 is 1.41 bits per heavy atom. The summed E-state index contributed by atoms with van der Waals surface area (Å²) in [4.78, 5) is 13.5. The molecule has 1 amide bonds. The van der Waals surface area contributed by atoms with Crippen LogP contribution in [-0.4, -0.2) is 23.6 Å². The zero-order valence-electron chi connectivity index (χ0n) is 10.4. The van der Waals surface area contributed by atoms with Crippen LogP contribution in [0, 0.1) is 5.92 Å². The second-order valence-corrected chi connectivity index (χ2v) is 4.98. The highest BCUT2D eigenvalue weighted by Crippen LogP contribution is 2.25. The molecule has 3 heteroatoms. The van der Waals surface area contributed by atoms with Gasteiger partial charge in [-0.25, -0.2) is 4.79 Å². The van der Waals surface area contributed by atoms with E-state index in [0.29, 0.717) is 18.6 Å². The maximum absolute atomic E-state index is 11.7. The van der Waals surface area contributed by atoms with Gasteiger partial charge in [-0.2, -0.15) is 0 Å². The number of rotatable bonds is 4. The van der Waals surface area contributed by atoms with Gasteiger partial charge in [0.15, 0.2) is 0 Å². The average molecular weight is 233 g/mol. The summed E-state index contributed by atoms with van der Waals surface area (Å²) in [7, 11) is 0. The number of ether oxygens (including phenoxy) is 1. The molecule has 1 saturated heterocycles. The summed E-state index contributed by atoms with van der Waals surface area (Å²) in [6.45, 7) is 5.56. The molecule has 0 bridgehead atoms. The maximum Gasteiger partial charge on any atom is 0.410 e. The Bertz CT molecular complexity index is 375. The third-order valence-electron chi connectivity index (χ3n) is 2.90. The van der Waals surface area contributed by atoms with E-state index in [-0.39, 0.29) is 6.09 Å². The van der Waals surface area contributed by atoms with Crippen molar-refractivity contribution in [1.82, 2.24) is 4.90 Å². The van der Waals surface area contributed by atoms with E-state index in [2.05, 4.69) is 13.8 Å². The van der Waals surface area contributed by atoms with Gasteiger partial charge in [-0.1, -0.05) is 44.2 Å². The molecule has 0 aliphatic carbocycles. The third-order valence-corrected chi connectivity index (χ3v) is 2.90. The summed E-state index contributed by atoms with van der Waals surface area (Å²) in [6, 6.07) is 10.2. The largest absolute Gasteiger partial charge is 0.445 e. The molecule has 17 heavy (non-hydrogen) atoms. The van der Waals surface area contributed by atoms with Crippen LogP contribution in [0.25, 0.3) is 0 Å². The first-order valence-corrected chi connectivity index (χ1v) is 6.14. The van der Waals surface area contributed by atoms with Crippen LogP contribution in [-0.2, 0) is 11.3 Å². The fourth-order valence-electron chi connectivity index (χ4n) is 1.95. The second-order valence-electron chi connectivity index (χ2n) is 4.98. The van der Waals surface area contributed by atoms with Crippen LogP contribution < -0.4 is 0 Å². The molecule has 1 heterocycles. The van der Waals surface area contributed by atoms with Crippen molar-refractivity contribution in [3.63, 3.8) is 0 Å². The average Bonchev–Trinajstić information content (AvgIpc) is 3.06. The first kappa shape index (κ1) is 12.0. The van der Waals surface area contributed by atoms with Crippen LogP contribution in [0.3, 0.4) is 0 Å². The van der Waals surface area contributed by atoms with E-state index in [0.717, 1.165) is 18.5 Å². The number of carbonyl (C=O) groups is 1. The van der Waals surface area contributed by atoms with Gasteiger partial charge >= 0.3 is 6.09 Å². The number of hydrogen-bond acceptors (Lipinski definition) is 2. The van der Waals surface area contributed by atoms with Crippen molar-refractivity contribution in [3.05, 3.63) is 35.9 Å². The van der Waals surface area contributed by atoms with Crippen LogP contribution in [0.1, 0.15) is 25.8 Å². The lowest BCUT2D eigenvalue weighted by molar-refractivity contribution is 0.121. The monoisotopic (exact) mass is 233 g/mol. The highest BCUT2D eigenvalue weighted by Gasteiger charge is 2.39. The molecule has 0 spiro atoms. The quantitative estimate of drug-likeness (QED) is 0.748. The van der Waals surface area contributed by atoms with Gasteiger partial charge in [0.2, 0.25) is 0 Å². The summed E-state index contributed by atoms with van der Waals surface area (Å²) in [5.41, 5.74) is 1.03. The van der Waals surface area contributed by atoms with E-state index in [1.165, 1.54) is 0 Å². The number of carbonyl (C=O) groups excluding carboxylic acids is 1. The normalized spacial score (nSPS) is 18.3. The minimum absolute atomic E-state index is 0.181. The zero-order valence-corrected chi connectivity index (χ0v) is 10.4. The molecule has 0 N–H and O–H groups in total. The molecule has 3 nitrogen and oxygen atoms in total. The first-order chi connectivity index (χ1) is 8.16. The van der Waals surface area contributed by atoms with Gasteiger partial charge in [-0.15, -0.1) is 0 Å². The molecular weight excluding hydrogens is 214 g/mol. The Morgan fingerprint density at radius 2 is 2.12 bits per heavy atom. The van der Waals surface area contributed by atoms with Gasteiger partial charge in [0, 0.05) is 6.54 Å². The predicted octanol–water partition coefficient (Wildman–Crippen LogP) is 3.05. The van der Waals surface area contributed by atoms with Crippen molar-refractivity contribution in [2.45, 2.75) is 32.9 Å². The Labute approximate surface area is 102 Å². The van der Waals surface area contributed by atoms with Gasteiger partial charge in [-0.3, -0.25) is 0 Å². The van der Waals surface area contributed by atoms with Crippen molar-refractivity contribution >= 4 is 6.09 Å². The Hall–Kier alpha value is -1.51. The van der Waals surface area contributed by atoms with E-state index >= 15 is 0 Å². The fraction of sp³-hybridized carbons (Fsp3) is 0.500. The summed E-state index contributed by atoms with van der Waals surface area (Å²) in [6.07, 6.45) is 0.889. The highest BCUT2D eigenvalue weighted by atomic mass is 16.6. The SMILES string of the molecule is CC(C)C[C@H]1CN1C(=O)OCc1ccccc1. The zero-order chi connectivity index (χ0) is 12.3. The van der Waals surface area contributed by atoms with Crippen molar-refractivity contribution in [2.75, 3.05) is 6.54 Å². The Kier molecular flexibility index (Phi) is 3.67. The smallest absolute Gasteiger partial charge is 0.410 e. The molecule has 1 atom stereocenters. The number of nitrogens with zero attached hydrogens (tertiary/aromatic N) is 1. The molecule has 1 aromatic rings. The van der Waals surface area contributed by atoms with Gasteiger partial charge in [0.25, 0.3) is 0 Å². The van der Waals surface area contributed by atoms with Gasteiger partial charge in [-0.05, 0) is 17.9 Å². The van der Waals surface area contributed by atoms with Crippen LogP contribution in [0.2, 0.25) is 0 Å². The molecule has 1 aliphatic heterocycles. The minimum Gasteiger partial charge on any atom is -0.445 e. The topological polar surface area (TPSA) is 29.3 Å². The van der Waals surface area contributed by atoms with Gasteiger partial charge < -0.3 is 9.64 Å². The Balaban J connectivity index is 1.73. The van der Waals surface area contributed by atoms with Gasteiger partial charge in [0.05, 0.1) is 6.04 Å². The van der Waals surface area contributed by atoms with Crippen molar-refractivity contribution < 1.29 is 9.53 Å². The van der Waals surface area contributed by atoms with E-state index in [4.69, 9.17) is 4.74 Å². The summed E-state index contributed by atoms with van der Waals surface area (Å²) in [5.74, 6) is 0.631. The van der Waals surface area contributed by atoms with Crippen LogP contribution >= 0.6 is 0 Å². The number of hydrogen-bond donors (Lipinski definition) is 0. The van der Waals surface area contributed by atoms with Crippen molar-refractivity contribution in [1.29, 1.82) is 0 Å². The predicted molar refractivity (Wildman–Crippen MR) is 66.6 cm³/mol. The van der Waals surface area contributed by atoms with Crippen LogP contribution in [0.5, 0.6) is 0 Å². The molecule has 1 aromatic carbocycles. The molecule has 0 unspecified atom stereocenters. The van der Waals surface area contributed by atoms with Crippen molar-refractivity contribution in [3.8, 4) is 0 Å². The molecule has 1 aliphatic rings. The van der Waals surface area contributed by atoms with Gasteiger partial charge in [0.1, 0.15) is 6.61 Å². The fourth-order valence-corrected chi connectivity index (χ4v) is 1.95. The standard InChI is InChI=1S/C14H19NO2/c1-11(2)8-13-9-15(13)14(16)17-10-12-6-4-3-5-7-12/h3-7,11,13H,8-10H2,1-2H3/t13-,15?/m0/s1. The lowest BCUT2D eigenvalue weighted by Gasteiger charge is -2.07. The third kappa shape index (κ3) is 3.48. The van der Waals surface area contributed by atoms with E-state index < -0.39 is 0 Å². The number of benzene rings is 1. The van der Waals surface area contributed by atoms with Crippen LogP contribution in [0.4, 0.5) is 4.79 Å². The summed E-state index contributed by atoms with van der Waals surface area (Å²) >= 11 is 0. The number of amides is 1. The maximum atomic E-state index is 11.7. The van der Waals surface area contributed by atoms with E-state index in [1.807, 2.05) is 30.3 Å². The summed E-state index contributed by atoms with van der Waals surface area (Å²) < 4.78 is 5.25. The summed E-state index contributed by atoms with van der Waals surface area (Å²) in [5, 5.41) is 0. The Morgan fingerprint density at radius 3 is 2.76 bits per heavy atom. The molecule has 1 fully saturated rings. The first-order valence-electron chi connectivity index (χ1n) is 6.14. The molecule has 2 rings (SSSR count). The van der Waals surface area contributed by atoms with E-state index in [1.54, 1.807) is 4.90 Å². The molecule has 0 aromatic heterocycles. The highest BCUT2D eigenvalue weighted by molar-refractivity contribution is 5.71. The lowest BCUT2D eigenvalue weighted by atomic mass is 10.1. The molecule has 0 radical (unpaired) electrons. The lowest BCUT2D eigenvalue weighted by Crippen LogP contribution is -2.15.